The van der Waals surface area contributed by atoms with Gasteiger partial charge in [0.25, 0.3) is 5.91 Å². The molecular weight excluding hydrogens is 644 g/mol. The number of carboxylic acid groups (broad SMARTS) is 1. The van der Waals surface area contributed by atoms with Crippen LogP contribution in [-0.2, 0) is 25.6 Å². The van der Waals surface area contributed by atoms with Gasteiger partial charge in [0.1, 0.15) is 10.7 Å². The summed E-state index contributed by atoms with van der Waals surface area (Å²) in [5, 5.41) is 23.4. The quantitative estimate of drug-likeness (QED) is 0.137. The summed E-state index contributed by atoms with van der Waals surface area (Å²) in [6.07, 6.45) is 3.01. The lowest BCUT2D eigenvalue weighted by Crippen LogP contribution is -2.47. The first-order valence-electron chi connectivity index (χ1n) is 17.1. The van der Waals surface area contributed by atoms with E-state index in [2.05, 4.69) is 33.2 Å². The second-order valence-electron chi connectivity index (χ2n) is 14.2. The highest BCUT2D eigenvalue weighted by molar-refractivity contribution is 7.09. The minimum Gasteiger partial charge on any atom is -0.481 e. The SMILES string of the molecule is CCCCN(C)CC(=O)NCC(=O)NC(CC(NC(=O)C(C)(C)C)c1nc(C(=O)NC(Cc2ccccc2)CC(C)C(=O)O)cs1)C(C)C. The second-order valence-corrected chi connectivity index (χ2v) is 15.1. The number of thiazole rings is 1. The molecule has 0 fully saturated rings. The Morgan fingerprint density at radius 2 is 1.63 bits per heavy atom. The average Bonchev–Trinajstić information content (AvgIpc) is 3.52. The lowest BCUT2D eigenvalue weighted by molar-refractivity contribution is -0.141. The summed E-state index contributed by atoms with van der Waals surface area (Å²) in [5.74, 6) is -2.85. The number of nitrogens with one attached hydrogen (secondary N) is 4. The fourth-order valence-corrected chi connectivity index (χ4v) is 5.89. The number of unbranched alkanes of at least 4 members (excludes halogenated alkanes) is 1. The number of nitrogens with zero attached hydrogens (tertiary/aromatic N) is 2. The number of hydrogen-bond acceptors (Lipinski definition) is 8. The topological polar surface area (TPSA) is 170 Å². The van der Waals surface area contributed by atoms with Crippen molar-refractivity contribution < 1.29 is 29.1 Å². The van der Waals surface area contributed by atoms with E-state index in [1.807, 2.05) is 56.1 Å². The first-order chi connectivity index (χ1) is 23.0. The molecule has 2 aromatic rings. The molecule has 1 aromatic carbocycles. The van der Waals surface area contributed by atoms with Crippen LogP contribution in [0, 0.1) is 17.3 Å². The summed E-state index contributed by atoms with van der Waals surface area (Å²) >= 11 is 1.23. The molecule has 0 aliphatic rings. The Morgan fingerprint density at radius 3 is 2.22 bits per heavy atom. The minimum absolute atomic E-state index is 0.0217. The van der Waals surface area contributed by atoms with E-state index in [1.54, 1.807) is 33.1 Å². The highest BCUT2D eigenvalue weighted by atomic mass is 32.1. The van der Waals surface area contributed by atoms with Gasteiger partial charge < -0.3 is 26.4 Å². The maximum atomic E-state index is 13.4. The largest absolute Gasteiger partial charge is 0.481 e. The number of hydrogen-bond donors (Lipinski definition) is 5. The van der Waals surface area contributed by atoms with Gasteiger partial charge in [0.05, 0.1) is 25.0 Å². The molecule has 272 valence electrons. The molecule has 0 saturated heterocycles. The lowest BCUT2D eigenvalue weighted by atomic mass is 9.93. The van der Waals surface area contributed by atoms with E-state index in [9.17, 15) is 29.1 Å². The summed E-state index contributed by atoms with van der Waals surface area (Å²) in [7, 11) is 1.87. The van der Waals surface area contributed by atoms with Crippen LogP contribution in [0.2, 0.25) is 0 Å². The van der Waals surface area contributed by atoms with Gasteiger partial charge in [-0.2, -0.15) is 0 Å². The molecule has 1 aromatic heterocycles. The molecule has 4 unspecified atom stereocenters. The fraction of sp³-hybridized carbons (Fsp3) is 0.611. The van der Waals surface area contributed by atoms with Crippen molar-refractivity contribution in [2.24, 2.45) is 17.3 Å². The fourth-order valence-electron chi connectivity index (χ4n) is 5.02. The van der Waals surface area contributed by atoms with Crippen molar-refractivity contribution in [1.29, 1.82) is 0 Å². The van der Waals surface area contributed by atoms with Crippen LogP contribution >= 0.6 is 11.3 Å². The summed E-state index contributed by atoms with van der Waals surface area (Å²) in [6, 6.07) is 8.11. The van der Waals surface area contributed by atoms with E-state index in [0.717, 1.165) is 24.9 Å². The Morgan fingerprint density at radius 1 is 0.959 bits per heavy atom. The third-order valence-electron chi connectivity index (χ3n) is 8.15. The highest BCUT2D eigenvalue weighted by Gasteiger charge is 2.31. The molecule has 12 nitrogen and oxygen atoms in total. The first kappa shape index (κ1) is 41.3. The zero-order valence-corrected chi connectivity index (χ0v) is 31.1. The predicted octanol–water partition coefficient (Wildman–Crippen LogP) is 4.18. The van der Waals surface area contributed by atoms with Crippen LogP contribution in [-0.4, -0.2) is 83.4 Å². The minimum atomic E-state index is -0.940. The number of aromatic nitrogens is 1. The number of amides is 4. The van der Waals surface area contributed by atoms with Crippen LogP contribution in [0.3, 0.4) is 0 Å². The van der Waals surface area contributed by atoms with Crippen molar-refractivity contribution in [2.45, 2.75) is 98.7 Å². The van der Waals surface area contributed by atoms with Gasteiger partial charge in [-0.25, -0.2) is 4.98 Å². The van der Waals surface area contributed by atoms with Crippen LogP contribution in [0.5, 0.6) is 0 Å². The van der Waals surface area contributed by atoms with Gasteiger partial charge >= 0.3 is 5.97 Å². The molecule has 4 amide bonds. The zero-order valence-electron chi connectivity index (χ0n) is 30.3. The van der Waals surface area contributed by atoms with Gasteiger partial charge in [0, 0.05) is 22.9 Å². The smallest absolute Gasteiger partial charge is 0.306 e. The third kappa shape index (κ3) is 15.1. The van der Waals surface area contributed by atoms with Crippen LogP contribution in [0.1, 0.15) is 101 Å². The molecule has 1 heterocycles. The summed E-state index contributed by atoms with van der Waals surface area (Å²) in [4.78, 5) is 70.1. The molecule has 0 aliphatic carbocycles. The Kier molecular flexibility index (Phi) is 16.9. The molecule has 2 rings (SSSR count). The molecule has 0 saturated carbocycles. The third-order valence-corrected chi connectivity index (χ3v) is 9.11. The van der Waals surface area contributed by atoms with Gasteiger partial charge in [-0.3, -0.25) is 28.9 Å². The van der Waals surface area contributed by atoms with Crippen molar-refractivity contribution in [1.82, 2.24) is 31.2 Å². The van der Waals surface area contributed by atoms with E-state index < -0.39 is 35.3 Å². The molecule has 5 N–H and O–H groups in total. The lowest BCUT2D eigenvalue weighted by Gasteiger charge is -2.29. The van der Waals surface area contributed by atoms with Crippen molar-refractivity contribution in [3.63, 3.8) is 0 Å². The molecule has 4 atom stereocenters. The molecule has 0 bridgehead atoms. The van der Waals surface area contributed by atoms with Crippen molar-refractivity contribution in [2.75, 3.05) is 26.7 Å². The van der Waals surface area contributed by atoms with Gasteiger partial charge in [-0.1, -0.05) is 85.2 Å². The van der Waals surface area contributed by atoms with Crippen LogP contribution < -0.4 is 21.3 Å². The molecule has 0 aliphatic heterocycles. The first-order valence-corrected chi connectivity index (χ1v) is 18.0. The molecule has 49 heavy (non-hydrogen) atoms. The van der Waals surface area contributed by atoms with Crippen LogP contribution in [0.4, 0.5) is 0 Å². The molecule has 0 spiro atoms. The van der Waals surface area contributed by atoms with E-state index >= 15 is 0 Å². The molecular formula is C36H56N6O6S. The monoisotopic (exact) mass is 700 g/mol. The van der Waals surface area contributed by atoms with Gasteiger partial charge in [-0.05, 0) is 50.8 Å². The number of aliphatic carboxylic acids is 1. The normalized spacial score (nSPS) is 14.1. The number of carbonyl (C=O) groups is 5. The molecule has 13 heteroatoms. The van der Waals surface area contributed by atoms with Crippen molar-refractivity contribution in [3.8, 4) is 0 Å². The summed E-state index contributed by atoms with van der Waals surface area (Å²) < 4.78 is 0. The number of rotatable bonds is 20. The predicted molar refractivity (Wildman–Crippen MR) is 192 cm³/mol. The van der Waals surface area contributed by atoms with Crippen LogP contribution in [0.25, 0.3) is 0 Å². The van der Waals surface area contributed by atoms with Gasteiger partial charge in [0.2, 0.25) is 17.7 Å². The van der Waals surface area contributed by atoms with E-state index in [4.69, 9.17) is 0 Å². The Bertz CT molecular complexity index is 1380. The number of carbonyl (C=O) groups excluding carboxylic acids is 4. The Balaban J connectivity index is 2.21. The van der Waals surface area contributed by atoms with E-state index in [0.29, 0.717) is 17.8 Å². The highest BCUT2D eigenvalue weighted by Crippen LogP contribution is 2.27. The van der Waals surface area contributed by atoms with Gasteiger partial charge in [-0.15, -0.1) is 11.3 Å². The Labute approximate surface area is 295 Å². The van der Waals surface area contributed by atoms with Crippen LogP contribution in [0.15, 0.2) is 35.7 Å². The number of carboxylic acids is 1. The van der Waals surface area contributed by atoms with E-state index in [-0.39, 0.29) is 54.9 Å². The Hall–Kier alpha value is -3.84. The average molecular weight is 701 g/mol. The van der Waals surface area contributed by atoms with E-state index in [1.165, 1.54) is 11.3 Å². The van der Waals surface area contributed by atoms with Crippen molar-refractivity contribution in [3.05, 3.63) is 52.0 Å². The standard InChI is InChI=1S/C36H56N6O6S/c1-9-10-16-42(8)21-31(44)37-20-30(43)39-27(23(2)3)19-28(41-35(48)36(5,6)7)33-40-29(22-49-33)32(45)38-26(17-24(4)34(46)47)18-25-14-12-11-13-15-25/h11-15,22-24,26-28H,9-10,16-21H2,1-8H3,(H,37,44)(H,38,45)(H,39,43)(H,41,48)(H,46,47). The summed E-state index contributed by atoms with van der Waals surface area (Å²) in [6.45, 7) is 13.8. The van der Waals surface area contributed by atoms with Crippen molar-refractivity contribution >= 4 is 40.9 Å². The molecule has 0 radical (unpaired) electrons. The number of benzene rings is 1. The van der Waals surface area contributed by atoms with Gasteiger partial charge in [0.15, 0.2) is 0 Å². The zero-order chi connectivity index (χ0) is 36.7. The number of likely N-dealkylation sites (N-methyl/N-ethyl adjacent to an activating group) is 1. The second kappa shape index (κ2) is 20.0. The summed E-state index contributed by atoms with van der Waals surface area (Å²) in [5.41, 5.74) is 0.426. The maximum absolute atomic E-state index is 13.4. The maximum Gasteiger partial charge on any atom is 0.306 e.